The fourth-order valence-corrected chi connectivity index (χ4v) is 2.02. The highest BCUT2D eigenvalue weighted by Crippen LogP contribution is 2.05. The van der Waals surface area contributed by atoms with Crippen LogP contribution in [-0.4, -0.2) is 76.3 Å². The molecule has 0 fully saturated rings. The lowest BCUT2D eigenvalue weighted by atomic mass is 10.0. The number of amides is 3. The standard InChI is InChI=1S/C15H26N4O8/c1-7(2)12(19-10(21)5-16)14(25)17-8(3-4-11(22)23)13(24)18-9(6-20)15(26)27/h7-9,12,20H,3-6,16H2,1-2H3,(H,17,25)(H,18,24)(H,19,21)(H,22,23)(H,26,27). The van der Waals surface area contributed by atoms with Crippen molar-refractivity contribution in [2.75, 3.05) is 13.2 Å². The van der Waals surface area contributed by atoms with E-state index in [1.165, 1.54) is 0 Å². The highest BCUT2D eigenvalue weighted by Gasteiger charge is 2.30. The molecular weight excluding hydrogens is 364 g/mol. The highest BCUT2D eigenvalue weighted by atomic mass is 16.4. The number of hydrogen-bond donors (Lipinski definition) is 7. The quantitative estimate of drug-likeness (QED) is 0.181. The molecule has 0 aliphatic carbocycles. The molecule has 12 heteroatoms. The average Bonchev–Trinajstić information content (AvgIpc) is 2.59. The minimum absolute atomic E-state index is 0.319. The molecule has 0 aromatic carbocycles. The molecule has 0 aliphatic rings. The fourth-order valence-electron chi connectivity index (χ4n) is 2.02. The summed E-state index contributed by atoms with van der Waals surface area (Å²) in [6.07, 6.45) is -0.795. The molecule has 0 radical (unpaired) electrons. The topological polar surface area (TPSA) is 208 Å². The number of carbonyl (C=O) groups is 5. The van der Waals surface area contributed by atoms with E-state index >= 15 is 0 Å². The Kier molecular flexibility index (Phi) is 10.6. The van der Waals surface area contributed by atoms with E-state index < -0.39 is 60.8 Å². The molecule has 3 amide bonds. The highest BCUT2D eigenvalue weighted by molar-refractivity contribution is 5.93. The van der Waals surface area contributed by atoms with Crippen molar-refractivity contribution < 1.29 is 39.3 Å². The second-order valence-corrected chi connectivity index (χ2v) is 6.07. The van der Waals surface area contributed by atoms with E-state index in [1.807, 2.05) is 5.32 Å². The maximum Gasteiger partial charge on any atom is 0.328 e. The summed E-state index contributed by atoms with van der Waals surface area (Å²) in [5, 5.41) is 33.4. The number of nitrogens with two attached hydrogens (primary N) is 1. The Labute approximate surface area is 155 Å². The van der Waals surface area contributed by atoms with Crippen molar-refractivity contribution in [2.45, 2.75) is 44.8 Å². The predicted molar refractivity (Wildman–Crippen MR) is 91.3 cm³/mol. The van der Waals surface area contributed by atoms with Crippen LogP contribution in [0.1, 0.15) is 26.7 Å². The van der Waals surface area contributed by atoms with Gasteiger partial charge in [0.25, 0.3) is 0 Å². The minimum atomic E-state index is -1.61. The first-order chi connectivity index (χ1) is 12.5. The second-order valence-electron chi connectivity index (χ2n) is 6.07. The van der Waals surface area contributed by atoms with Crippen LogP contribution in [0, 0.1) is 5.92 Å². The van der Waals surface area contributed by atoms with Crippen molar-refractivity contribution in [3.8, 4) is 0 Å². The van der Waals surface area contributed by atoms with Crippen LogP contribution in [0.5, 0.6) is 0 Å². The lowest BCUT2D eigenvalue weighted by Crippen LogP contribution is -2.57. The average molecular weight is 390 g/mol. The Morgan fingerprint density at radius 2 is 1.48 bits per heavy atom. The molecule has 154 valence electrons. The summed E-state index contributed by atoms with van der Waals surface area (Å²) in [5.41, 5.74) is 5.20. The van der Waals surface area contributed by atoms with Crippen molar-refractivity contribution in [3.05, 3.63) is 0 Å². The Hall–Kier alpha value is -2.73. The molecule has 0 saturated heterocycles. The summed E-state index contributed by atoms with van der Waals surface area (Å²) < 4.78 is 0. The third kappa shape index (κ3) is 8.96. The Bertz CT molecular complexity index is 566. The first-order valence-corrected chi connectivity index (χ1v) is 8.19. The van der Waals surface area contributed by atoms with Crippen molar-refractivity contribution >= 4 is 29.7 Å². The third-order valence-corrected chi connectivity index (χ3v) is 3.53. The van der Waals surface area contributed by atoms with E-state index in [0.717, 1.165) is 0 Å². The molecule has 0 aromatic rings. The van der Waals surface area contributed by atoms with Crippen molar-refractivity contribution in [2.24, 2.45) is 11.7 Å². The molecule has 0 bridgehead atoms. The molecule has 27 heavy (non-hydrogen) atoms. The second kappa shape index (κ2) is 11.8. The Morgan fingerprint density at radius 1 is 0.926 bits per heavy atom. The van der Waals surface area contributed by atoms with Crippen molar-refractivity contribution in [1.29, 1.82) is 0 Å². The van der Waals surface area contributed by atoms with Crippen LogP contribution in [0.3, 0.4) is 0 Å². The molecule has 0 spiro atoms. The van der Waals surface area contributed by atoms with Crippen LogP contribution in [0.25, 0.3) is 0 Å². The summed E-state index contributed by atoms with van der Waals surface area (Å²) in [4.78, 5) is 57.8. The maximum atomic E-state index is 12.4. The molecular formula is C15H26N4O8. The normalized spacial score (nSPS) is 14.0. The molecule has 0 saturated carbocycles. The number of aliphatic hydroxyl groups excluding tert-OH is 1. The number of carboxylic acid groups (broad SMARTS) is 2. The van der Waals surface area contributed by atoms with E-state index in [4.69, 9.17) is 21.1 Å². The predicted octanol–water partition coefficient (Wildman–Crippen LogP) is -3.00. The maximum absolute atomic E-state index is 12.4. The first kappa shape index (κ1) is 24.3. The van der Waals surface area contributed by atoms with Gasteiger partial charge in [0.15, 0.2) is 0 Å². The summed E-state index contributed by atoms with van der Waals surface area (Å²) in [7, 11) is 0. The van der Waals surface area contributed by atoms with E-state index in [0.29, 0.717) is 0 Å². The largest absolute Gasteiger partial charge is 0.481 e. The van der Waals surface area contributed by atoms with Crippen LogP contribution >= 0.6 is 0 Å². The molecule has 3 unspecified atom stereocenters. The lowest BCUT2D eigenvalue weighted by molar-refractivity contribution is -0.144. The molecule has 8 N–H and O–H groups in total. The van der Waals surface area contributed by atoms with Gasteiger partial charge in [-0.25, -0.2) is 4.79 Å². The zero-order chi connectivity index (χ0) is 21.1. The van der Waals surface area contributed by atoms with Crippen LogP contribution in [0.4, 0.5) is 0 Å². The summed E-state index contributed by atoms with van der Waals surface area (Å²) in [6.45, 7) is 2.04. The summed E-state index contributed by atoms with van der Waals surface area (Å²) >= 11 is 0. The summed E-state index contributed by atoms with van der Waals surface area (Å²) in [6, 6.07) is -4.02. The SMILES string of the molecule is CC(C)C(NC(=O)CN)C(=O)NC(CCC(=O)O)C(=O)NC(CO)C(=O)O. The number of carboxylic acids is 2. The van der Waals surface area contributed by atoms with Gasteiger partial charge in [-0.05, 0) is 12.3 Å². The number of aliphatic carboxylic acids is 2. The fraction of sp³-hybridized carbons (Fsp3) is 0.667. The van der Waals surface area contributed by atoms with Crippen LogP contribution in [0.15, 0.2) is 0 Å². The van der Waals surface area contributed by atoms with E-state index in [1.54, 1.807) is 13.8 Å². The number of nitrogens with one attached hydrogen (secondary N) is 3. The van der Waals surface area contributed by atoms with E-state index in [2.05, 4.69) is 10.6 Å². The third-order valence-electron chi connectivity index (χ3n) is 3.53. The Morgan fingerprint density at radius 3 is 1.89 bits per heavy atom. The molecule has 12 nitrogen and oxygen atoms in total. The van der Waals surface area contributed by atoms with Gasteiger partial charge in [-0.3, -0.25) is 19.2 Å². The van der Waals surface area contributed by atoms with Gasteiger partial charge in [-0.15, -0.1) is 0 Å². The number of aliphatic hydroxyl groups is 1. The molecule has 0 heterocycles. The first-order valence-electron chi connectivity index (χ1n) is 8.19. The van der Waals surface area contributed by atoms with Gasteiger partial charge < -0.3 is 37.0 Å². The van der Waals surface area contributed by atoms with Gasteiger partial charge in [0.1, 0.15) is 18.1 Å². The zero-order valence-corrected chi connectivity index (χ0v) is 15.1. The minimum Gasteiger partial charge on any atom is -0.481 e. The molecule has 3 atom stereocenters. The van der Waals surface area contributed by atoms with Gasteiger partial charge in [-0.1, -0.05) is 13.8 Å². The molecule has 0 aromatic heterocycles. The van der Waals surface area contributed by atoms with Gasteiger partial charge in [0.05, 0.1) is 13.2 Å². The van der Waals surface area contributed by atoms with Gasteiger partial charge >= 0.3 is 11.9 Å². The lowest BCUT2D eigenvalue weighted by Gasteiger charge is -2.25. The monoisotopic (exact) mass is 390 g/mol. The van der Waals surface area contributed by atoms with Crippen molar-refractivity contribution in [3.63, 3.8) is 0 Å². The zero-order valence-electron chi connectivity index (χ0n) is 15.1. The number of carbonyl (C=O) groups excluding carboxylic acids is 3. The van der Waals surface area contributed by atoms with Crippen molar-refractivity contribution in [1.82, 2.24) is 16.0 Å². The van der Waals surface area contributed by atoms with Gasteiger partial charge in [0, 0.05) is 6.42 Å². The van der Waals surface area contributed by atoms with E-state index in [9.17, 15) is 24.0 Å². The van der Waals surface area contributed by atoms with Crippen LogP contribution in [0.2, 0.25) is 0 Å². The molecule has 0 rings (SSSR count). The Balaban J connectivity index is 5.28. The number of rotatable bonds is 12. The summed E-state index contributed by atoms with van der Waals surface area (Å²) in [5.74, 6) is -5.42. The number of hydrogen-bond acceptors (Lipinski definition) is 7. The molecule has 0 aliphatic heterocycles. The smallest absolute Gasteiger partial charge is 0.328 e. The van der Waals surface area contributed by atoms with Crippen LogP contribution < -0.4 is 21.7 Å². The van der Waals surface area contributed by atoms with E-state index in [-0.39, 0.29) is 18.9 Å². The van der Waals surface area contributed by atoms with Gasteiger partial charge in [0.2, 0.25) is 17.7 Å². The van der Waals surface area contributed by atoms with Gasteiger partial charge in [-0.2, -0.15) is 0 Å². The van der Waals surface area contributed by atoms with Crippen LogP contribution in [-0.2, 0) is 24.0 Å².